The van der Waals surface area contributed by atoms with E-state index < -0.39 is 21.5 Å². The van der Waals surface area contributed by atoms with Gasteiger partial charge in [0.05, 0.1) is 11.1 Å². The number of sulfonamides is 1. The number of benzene rings is 1. The predicted molar refractivity (Wildman–Crippen MR) is 64.3 cm³/mol. The fourth-order valence-corrected chi connectivity index (χ4v) is 3.92. The van der Waals surface area contributed by atoms with Gasteiger partial charge in [-0.05, 0) is 39.8 Å². The summed E-state index contributed by atoms with van der Waals surface area (Å²) in [5, 5.41) is 0. The Morgan fingerprint density at radius 3 is 2.29 bits per heavy atom. The van der Waals surface area contributed by atoms with Crippen molar-refractivity contribution in [2.75, 3.05) is 0 Å². The minimum absolute atomic E-state index is 0.114. The number of amides is 1. The summed E-state index contributed by atoms with van der Waals surface area (Å²) in [5.41, 5.74) is 0.408. The number of rotatable bonds is 0. The molecule has 1 aromatic carbocycles. The molecule has 0 saturated carbocycles. The molecule has 4 nitrogen and oxygen atoms in total. The second-order valence-corrected chi connectivity index (χ2v) is 7.00. The maximum Gasteiger partial charge on any atom is 0.269 e. The molecule has 1 aromatic rings. The highest BCUT2D eigenvalue weighted by Gasteiger charge is 2.46. The quantitative estimate of drug-likeness (QED) is 0.710. The molecule has 0 N–H and O–H groups in total. The van der Waals surface area contributed by atoms with Crippen LogP contribution in [0.15, 0.2) is 23.1 Å². The number of fused-ring (bicyclic) bond motifs is 1. The van der Waals surface area contributed by atoms with Crippen LogP contribution in [0, 0.1) is 6.92 Å². The highest BCUT2D eigenvalue weighted by molar-refractivity contribution is 7.90. The van der Waals surface area contributed by atoms with Crippen LogP contribution in [0.4, 0.5) is 0 Å². The van der Waals surface area contributed by atoms with Crippen molar-refractivity contribution < 1.29 is 13.2 Å². The van der Waals surface area contributed by atoms with Crippen molar-refractivity contribution in [3.05, 3.63) is 29.3 Å². The van der Waals surface area contributed by atoms with E-state index in [1.807, 2.05) is 6.92 Å². The average Bonchev–Trinajstić information content (AvgIpc) is 2.32. The fraction of sp³-hybridized carbons (Fsp3) is 0.417. The molecule has 1 aliphatic heterocycles. The zero-order valence-corrected chi connectivity index (χ0v) is 11.1. The van der Waals surface area contributed by atoms with E-state index in [9.17, 15) is 13.2 Å². The molecule has 5 heteroatoms. The van der Waals surface area contributed by atoms with E-state index in [2.05, 4.69) is 0 Å². The van der Waals surface area contributed by atoms with Crippen LogP contribution < -0.4 is 0 Å². The lowest BCUT2D eigenvalue weighted by Crippen LogP contribution is -2.45. The highest BCUT2D eigenvalue weighted by Crippen LogP contribution is 2.35. The fourth-order valence-electron chi connectivity index (χ4n) is 2.02. The van der Waals surface area contributed by atoms with Gasteiger partial charge in [0.1, 0.15) is 4.90 Å². The van der Waals surface area contributed by atoms with Crippen molar-refractivity contribution in [3.63, 3.8) is 0 Å². The van der Waals surface area contributed by atoms with Gasteiger partial charge in [-0.25, -0.2) is 12.7 Å². The van der Waals surface area contributed by atoms with Crippen LogP contribution in [0.5, 0.6) is 0 Å². The predicted octanol–water partition coefficient (Wildman–Crippen LogP) is 1.94. The smallest absolute Gasteiger partial charge is 0.268 e. The number of aryl methyl sites for hydroxylation is 1. The SMILES string of the molecule is Cc1ccc2c(c1)C(=O)N(C(C)(C)C)S2(=O)=O. The summed E-state index contributed by atoms with van der Waals surface area (Å²) in [4.78, 5) is 12.3. The average molecular weight is 253 g/mol. The van der Waals surface area contributed by atoms with Gasteiger partial charge in [0.2, 0.25) is 0 Å². The van der Waals surface area contributed by atoms with Gasteiger partial charge in [-0.1, -0.05) is 11.6 Å². The second-order valence-electron chi connectivity index (χ2n) is 5.25. The molecule has 0 unspecified atom stereocenters. The molecule has 0 radical (unpaired) electrons. The molecular formula is C12H15NO3S. The lowest BCUT2D eigenvalue weighted by Gasteiger charge is -2.29. The van der Waals surface area contributed by atoms with Crippen LogP contribution in [0.1, 0.15) is 36.7 Å². The summed E-state index contributed by atoms with van der Waals surface area (Å²) in [7, 11) is -3.69. The molecule has 1 heterocycles. The van der Waals surface area contributed by atoms with Gasteiger partial charge in [-0.3, -0.25) is 4.79 Å². The van der Waals surface area contributed by atoms with Crippen LogP contribution in [0.25, 0.3) is 0 Å². The van der Waals surface area contributed by atoms with E-state index in [1.54, 1.807) is 32.9 Å². The van der Waals surface area contributed by atoms with Crippen molar-refractivity contribution in [3.8, 4) is 0 Å². The first-order valence-corrected chi connectivity index (χ1v) is 6.80. The summed E-state index contributed by atoms with van der Waals surface area (Å²) in [5.74, 6) is -0.434. The van der Waals surface area contributed by atoms with Gasteiger partial charge in [0.15, 0.2) is 0 Å². The molecule has 1 aliphatic rings. The first-order valence-electron chi connectivity index (χ1n) is 5.36. The lowest BCUT2D eigenvalue weighted by atomic mass is 10.1. The third kappa shape index (κ3) is 1.65. The van der Waals surface area contributed by atoms with Crippen molar-refractivity contribution in [1.82, 2.24) is 4.31 Å². The molecule has 0 bridgehead atoms. The maximum absolute atomic E-state index is 12.3. The number of carbonyl (C=O) groups is 1. The summed E-state index contributed by atoms with van der Waals surface area (Å²) in [6.07, 6.45) is 0. The first kappa shape index (κ1) is 12.1. The number of hydrogen-bond acceptors (Lipinski definition) is 3. The molecule has 0 aliphatic carbocycles. The molecule has 92 valence electrons. The summed E-state index contributed by atoms with van der Waals surface area (Å²) in [6, 6.07) is 4.83. The molecule has 0 aromatic heterocycles. The molecule has 1 amide bonds. The normalized spacial score (nSPS) is 18.4. The van der Waals surface area contributed by atoms with E-state index in [4.69, 9.17) is 0 Å². The zero-order valence-electron chi connectivity index (χ0n) is 10.3. The van der Waals surface area contributed by atoms with Gasteiger partial charge in [0.25, 0.3) is 15.9 Å². The summed E-state index contributed by atoms with van der Waals surface area (Å²) in [6.45, 7) is 6.96. The Kier molecular flexibility index (Phi) is 2.36. The van der Waals surface area contributed by atoms with Crippen molar-refractivity contribution in [1.29, 1.82) is 0 Å². The maximum atomic E-state index is 12.3. The summed E-state index contributed by atoms with van der Waals surface area (Å²) < 4.78 is 25.5. The van der Waals surface area contributed by atoms with E-state index in [-0.39, 0.29) is 10.5 Å². The Hall–Kier alpha value is -1.36. The van der Waals surface area contributed by atoms with Crippen LogP contribution in [0.2, 0.25) is 0 Å². The van der Waals surface area contributed by atoms with E-state index >= 15 is 0 Å². The minimum atomic E-state index is -3.69. The first-order chi connectivity index (χ1) is 7.65. The van der Waals surface area contributed by atoms with E-state index in [1.165, 1.54) is 6.07 Å². The number of nitrogens with zero attached hydrogens (tertiary/aromatic N) is 1. The molecule has 0 atom stereocenters. The van der Waals surface area contributed by atoms with E-state index in [0.717, 1.165) is 9.87 Å². The van der Waals surface area contributed by atoms with Gasteiger partial charge in [0, 0.05) is 0 Å². The van der Waals surface area contributed by atoms with Gasteiger partial charge in [-0.2, -0.15) is 0 Å². The second kappa shape index (κ2) is 3.32. The Morgan fingerprint density at radius 1 is 1.18 bits per heavy atom. The van der Waals surface area contributed by atoms with E-state index in [0.29, 0.717) is 0 Å². The Balaban J connectivity index is 2.73. The number of hydrogen-bond donors (Lipinski definition) is 0. The molecule has 2 rings (SSSR count). The number of carbonyl (C=O) groups excluding carboxylic acids is 1. The highest BCUT2D eigenvalue weighted by atomic mass is 32.2. The van der Waals surface area contributed by atoms with Crippen LogP contribution in [-0.4, -0.2) is 24.2 Å². The van der Waals surface area contributed by atoms with Gasteiger partial charge >= 0.3 is 0 Å². The Labute approximate surface area is 101 Å². The van der Waals surface area contributed by atoms with Crippen LogP contribution >= 0.6 is 0 Å². The Morgan fingerprint density at radius 2 is 1.76 bits per heavy atom. The van der Waals surface area contributed by atoms with Crippen molar-refractivity contribution in [2.24, 2.45) is 0 Å². The van der Waals surface area contributed by atoms with Crippen LogP contribution in [-0.2, 0) is 10.0 Å². The monoisotopic (exact) mass is 253 g/mol. The molecular weight excluding hydrogens is 238 g/mol. The van der Waals surface area contributed by atoms with Crippen LogP contribution in [0.3, 0.4) is 0 Å². The van der Waals surface area contributed by atoms with Crippen molar-refractivity contribution >= 4 is 15.9 Å². The van der Waals surface area contributed by atoms with Crippen molar-refractivity contribution in [2.45, 2.75) is 38.1 Å². The Bertz CT molecular complexity index is 597. The largest absolute Gasteiger partial charge is 0.269 e. The molecule has 17 heavy (non-hydrogen) atoms. The molecule has 0 saturated heterocycles. The third-order valence-corrected chi connectivity index (χ3v) is 4.78. The standard InChI is InChI=1S/C12H15NO3S/c1-8-5-6-10-9(7-8)11(14)13(12(2,3)4)17(10,15)16/h5-7H,1-4H3. The van der Waals surface area contributed by atoms with Gasteiger partial charge < -0.3 is 0 Å². The molecule has 0 fully saturated rings. The summed E-state index contributed by atoms with van der Waals surface area (Å²) >= 11 is 0. The lowest BCUT2D eigenvalue weighted by molar-refractivity contribution is 0.0787. The third-order valence-electron chi connectivity index (χ3n) is 2.68. The molecule has 0 spiro atoms. The van der Waals surface area contributed by atoms with Gasteiger partial charge in [-0.15, -0.1) is 0 Å². The topological polar surface area (TPSA) is 54.5 Å². The minimum Gasteiger partial charge on any atom is -0.268 e. The zero-order chi connectivity index (χ0) is 13.0.